The van der Waals surface area contributed by atoms with E-state index in [4.69, 9.17) is 5.11 Å². The van der Waals surface area contributed by atoms with Crippen LogP contribution in [0.2, 0.25) is 0 Å². The summed E-state index contributed by atoms with van der Waals surface area (Å²) in [7, 11) is 0. The topological polar surface area (TPSA) is 68.0 Å². The van der Waals surface area contributed by atoms with Crippen LogP contribution >= 0.6 is 0 Å². The van der Waals surface area contributed by atoms with E-state index in [-0.39, 0.29) is 5.56 Å². The van der Waals surface area contributed by atoms with Gasteiger partial charge < -0.3 is 5.11 Å². The molecule has 0 bridgehead atoms. The maximum absolute atomic E-state index is 11.2. The average molecular weight is 267 g/mol. The van der Waals surface area contributed by atoms with E-state index >= 15 is 0 Å². The number of fused-ring (bicyclic) bond motifs is 1. The lowest BCUT2D eigenvalue weighted by molar-refractivity contribution is 0.0695. The molecule has 5 nitrogen and oxygen atoms in total. The minimum absolute atomic E-state index is 0.224. The first-order chi connectivity index (χ1) is 9.70. The van der Waals surface area contributed by atoms with Crippen LogP contribution in [-0.2, 0) is 6.42 Å². The van der Waals surface area contributed by atoms with Crippen LogP contribution in [0, 0.1) is 0 Å². The second-order valence-electron chi connectivity index (χ2n) is 4.44. The zero-order chi connectivity index (χ0) is 14.1. The molecule has 0 saturated carbocycles. The van der Waals surface area contributed by atoms with Gasteiger partial charge in [-0.05, 0) is 24.6 Å². The highest BCUT2D eigenvalue weighted by atomic mass is 16.4. The van der Waals surface area contributed by atoms with Crippen LogP contribution < -0.4 is 0 Å². The number of hydrogen-bond donors (Lipinski definition) is 1. The fourth-order valence-electron chi connectivity index (χ4n) is 2.26. The molecule has 0 spiro atoms. The molecule has 0 saturated heterocycles. The first-order valence-corrected chi connectivity index (χ1v) is 6.37. The van der Waals surface area contributed by atoms with Crippen LogP contribution in [0.15, 0.2) is 42.6 Å². The van der Waals surface area contributed by atoms with E-state index in [1.165, 1.54) is 6.20 Å². The number of carboxylic acid groups (broad SMARTS) is 1. The fraction of sp³-hybridized carbons (Fsp3) is 0.133. The second-order valence-corrected chi connectivity index (χ2v) is 4.44. The number of hydrogen-bond acceptors (Lipinski definition) is 3. The molecule has 1 N–H and O–H groups in total. The summed E-state index contributed by atoms with van der Waals surface area (Å²) in [5.74, 6) is -0.332. The Hall–Kier alpha value is -2.69. The van der Waals surface area contributed by atoms with Gasteiger partial charge in [0.1, 0.15) is 5.56 Å². The number of nitrogens with zero attached hydrogens (tertiary/aromatic N) is 3. The van der Waals surface area contributed by atoms with Crippen LogP contribution in [0.1, 0.15) is 23.0 Å². The van der Waals surface area contributed by atoms with Crippen LogP contribution in [0.3, 0.4) is 0 Å². The minimum atomic E-state index is -0.964. The molecule has 2 aromatic heterocycles. The van der Waals surface area contributed by atoms with Crippen molar-refractivity contribution in [2.75, 3.05) is 0 Å². The average Bonchev–Trinajstić information content (AvgIpc) is 2.90. The van der Waals surface area contributed by atoms with Crippen molar-refractivity contribution in [3.8, 4) is 5.82 Å². The number of aromatic carboxylic acids is 1. The molecule has 3 aromatic rings. The molecule has 3 rings (SSSR count). The van der Waals surface area contributed by atoms with E-state index in [2.05, 4.69) is 10.1 Å². The minimum Gasteiger partial charge on any atom is -0.478 e. The summed E-state index contributed by atoms with van der Waals surface area (Å²) >= 11 is 0. The number of carboxylic acids is 1. The molecule has 0 unspecified atom stereocenters. The molecule has 1 aromatic carbocycles. The van der Waals surface area contributed by atoms with Crippen molar-refractivity contribution in [2.24, 2.45) is 0 Å². The van der Waals surface area contributed by atoms with Gasteiger partial charge in [-0.1, -0.05) is 25.1 Å². The molecule has 0 aliphatic carbocycles. The third-order valence-corrected chi connectivity index (χ3v) is 3.23. The number of benzene rings is 1. The van der Waals surface area contributed by atoms with Crippen molar-refractivity contribution in [2.45, 2.75) is 13.3 Å². The van der Waals surface area contributed by atoms with Gasteiger partial charge in [0.15, 0.2) is 5.82 Å². The molecule has 100 valence electrons. The predicted octanol–water partition coefficient (Wildman–Crippen LogP) is 2.68. The molecule has 0 amide bonds. The van der Waals surface area contributed by atoms with Gasteiger partial charge in [0, 0.05) is 5.39 Å². The Labute approximate surface area is 115 Å². The maximum atomic E-state index is 11.2. The number of aromatic nitrogens is 3. The lowest BCUT2D eigenvalue weighted by atomic mass is 10.2. The number of pyridine rings is 1. The van der Waals surface area contributed by atoms with Gasteiger partial charge in [-0.15, -0.1) is 0 Å². The molecule has 0 fully saturated rings. The van der Waals surface area contributed by atoms with Crippen molar-refractivity contribution in [3.05, 3.63) is 53.9 Å². The van der Waals surface area contributed by atoms with Gasteiger partial charge in [0.05, 0.1) is 17.4 Å². The Morgan fingerprint density at radius 1 is 1.25 bits per heavy atom. The smallest absolute Gasteiger partial charge is 0.339 e. The Kier molecular flexibility index (Phi) is 2.95. The van der Waals surface area contributed by atoms with Crippen LogP contribution in [0.25, 0.3) is 16.7 Å². The molecule has 0 aliphatic rings. The number of carbonyl (C=O) groups is 1. The van der Waals surface area contributed by atoms with E-state index in [0.717, 1.165) is 10.9 Å². The summed E-state index contributed by atoms with van der Waals surface area (Å²) in [4.78, 5) is 15.7. The zero-order valence-corrected chi connectivity index (χ0v) is 10.9. The molecule has 5 heteroatoms. The molecular weight excluding hydrogens is 254 g/mol. The summed E-state index contributed by atoms with van der Waals surface area (Å²) in [5, 5.41) is 14.4. The first-order valence-electron chi connectivity index (χ1n) is 6.37. The quantitative estimate of drug-likeness (QED) is 0.792. The Bertz CT molecular complexity index is 793. The highest BCUT2D eigenvalue weighted by Gasteiger charge is 2.16. The summed E-state index contributed by atoms with van der Waals surface area (Å²) in [6.45, 7) is 1.90. The van der Waals surface area contributed by atoms with E-state index in [9.17, 15) is 4.79 Å². The van der Waals surface area contributed by atoms with Gasteiger partial charge in [0.25, 0.3) is 0 Å². The lowest BCUT2D eigenvalue weighted by Gasteiger charge is -2.07. The van der Waals surface area contributed by atoms with Gasteiger partial charge in [-0.25, -0.2) is 14.5 Å². The van der Waals surface area contributed by atoms with Crippen molar-refractivity contribution in [1.29, 1.82) is 0 Å². The standard InChI is InChI=1S/C15H13N3O2/c1-2-13-11(15(19)20)9-16-18(13)14-8-7-10-5-3-4-6-12(10)17-14/h3-9H,2H2,1H3,(H,19,20). The molecule has 20 heavy (non-hydrogen) atoms. The van der Waals surface area contributed by atoms with Gasteiger partial charge >= 0.3 is 5.97 Å². The van der Waals surface area contributed by atoms with Crippen LogP contribution in [0.5, 0.6) is 0 Å². The monoisotopic (exact) mass is 267 g/mol. The summed E-state index contributed by atoms with van der Waals surface area (Å²) in [6, 6.07) is 11.6. The number of para-hydroxylation sites is 1. The SMILES string of the molecule is CCc1c(C(=O)O)cnn1-c1ccc2ccccc2n1. The molecule has 0 radical (unpaired) electrons. The van der Waals surface area contributed by atoms with Crippen molar-refractivity contribution in [1.82, 2.24) is 14.8 Å². The Morgan fingerprint density at radius 2 is 2.05 bits per heavy atom. The summed E-state index contributed by atoms with van der Waals surface area (Å²) < 4.78 is 1.59. The molecule has 0 atom stereocenters. The van der Waals surface area contributed by atoms with Crippen molar-refractivity contribution >= 4 is 16.9 Å². The summed E-state index contributed by atoms with van der Waals surface area (Å²) in [5.41, 5.74) is 1.74. The van der Waals surface area contributed by atoms with Gasteiger partial charge in [-0.3, -0.25) is 0 Å². The van der Waals surface area contributed by atoms with Crippen molar-refractivity contribution in [3.63, 3.8) is 0 Å². The highest BCUT2D eigenvalue weighted by Crippen LogP contribution is 2.18. The fourth-order valence-corrected chi connectivity index (χ4v) is 2.26. The lowest BCUT2D eigenvalue weighted by Crippen LogP contribution is -2.07. The van der Waals surface area contributed by atoms with E-state index < -0.39 is 5.97 Å². The Balaban J connectivity index is 2.18. The van der Waals surface area contributed by atoms with E-state index in [1.54, 1.807) is 4.68 Å². The normalized spacial score (nSPS) is 10.8. The van der Waals surface area contributed by atoms with E-state index in [0.29, 0.717) is 17.9 Å². The second kappa shape index (κ2) is 4.77. The zero-order valence-electron chi connectivity index (χ0n) is 10.9. The maximum Gasteiger partial charge on any atom is 0.339 e. The molecular formula is C15H13N3O2. The third kappa shape index (κ3) is 1.93. The summed E-state index contributed by atoms with van der Waals surface area (Å²) in [6.07, 6.45) is 1.95. The van der Waals surface area contributed by atoms with Gasteiger partial charge in [0.2, 0.25) is 0 Å². The largest absolute Gasteiger partial charge is 0.478 e. The van der Waals surface area contributed by atoms with E-state index in [1.807, 2.05) is 43.3 Å². The molecule has 0 aliphatic heterocycles. The Morgan fingerprint density at radius 3 is 2.80 bits per heavy atom. The molecule has 2 heterocycles. The first kappa shape index (κ1) is 12.3. The van der Waals surface area contributed by atoms with Crippen molar-refractivity contribution < 1.29 is 9.90 Å². The number of rotatable bonds is 3. The van der Waals surface area contributed by atoms with Crippen LogP contribution in [0.4, 0.5) is 0 Å². The third-order valence-electron chi connectivity index (χ3n) is 3.23. The predicted molar refractivity (Wildman–Crippen MR) is 75.2 cm³/mol. The van der Waals surface area contributed by atoms with Crippen LogP contribution in [-0.4, -0.2) is 25.8 Å². The highest BCUT2D eigenvalue weighted by molar-refractivity contribution is 5.88. The van der Waals surface area contributed by atoms with Gasteiger partial charge in [-0.2, -0.15) is 5.10 Å².